The minimum atomic E-state index is -0.296. The molecule has 23 heavy (non-hydrogen) atoms. The lowest BCUT2D eigenvalue weighted by atomic mass is 10.1. The van der Waals surface area contributed by atoms with Crippen molar-refractivity contribution >= 4 is 6.03 Å². The van der Waals surface area contributed by atoms with Crippen LogP contribution in [0.15, 0.2) is 40.9 Å². The molecule has 122 valence electrons. The number of rotatable bonds is 5. The molecule has 1 heterocycles. The predicted molar refractivity (Wildman–Crippen MR) is 85.5 cm³/mol. The van der Waals surface area contributed by atoms with E-state index in [2.05, 4.69) is 15.6 Å². The van der Waals surface area contributed by atoms with Crippen LogP contribution >= 0.6 is 0 Å². The van der Waals surface area contributed by atoms with E-state index in [1.807, 2.05) is 30.3 Å². The number of aliphatic hydroxyl groups is 1. The zero-order valence-electron chi connectivity index (χ0n) is 12.9. The second-order valence-electron chi connectivity index (χ2n) is 5.81. The number of hydrogen-bond acceptors (Lipinski definition) is 4. The van der Waals surface area contributed by atoms with Crippen LogP contribution in [0.2, 0.25) is 0 Å². The van der Waals surface area contributed by atoms with Crippen LogP contribution in [0, 0.1) is 5.92 Å². The number of carbonyl (C=O) groups excluding carboxylic acids is 1. The van der Waals surface area contributed by atoms with Crippen LogP contribution < -0.4 is 10.6 Å². The molecule has 1 fully saturated rings. The Hall–Kier alpha value is -2.34. The molecular formula is C17H21N3O3. The Balaban J connectivity index is 1.45. The van der Waals surface area contributed by atoms with E-state index >= 15 is 0 Å². The number of carbonyl (C=O) groups is 1. The van der Waals surface area contributed by atoms with Gasteiger partial charge in [-0.25, -0.2) is 9.78 Å². The Morgan fingerprint density at radius 1 is 1.26 bits per heavy atom. The molecule has 6 nitrogen and oxygen atoms in total. The zero-order chi connectivity index (χ0) is 16.1. The summed E-state index contributed by atoms with van der Waals surface area (Å²) in [6, 6.07) is 9.41. The van der Waals surface area contributed by atoms with Gasteiger partial charge in [0, 0.05) is 18.0 Å². The van der Waals surface area contributed by atoms with Gasteiger partial charge in [0.25, 0.3) is 0 Å². The molecule has 0 spiro atoms. The maximum Gasteiger partial charge on any atom is 0.315 e. The van der Waals surface area contributed by atoms with Gasteiger partial charge in [0.2, 0.25) is 5.89 Å². The molecule has 1 aliphatic carbocycles. The number of nitrogens with zero attached hydrogens (tertiary/aromatic N) is 1. The average Bonchev–Trinajstić information content (AvgIpc) is 3.21. The largest absolute Gasteiger partial charge is 0.439 e. The van der Waals surface area contributed by atoms with Crippen molar-refractivity contribution in [1.29, 1.82) is 0 Å². The van der Waals surface area contributed by atoms with Crippen LogP contribution in [0.3, 0.4) is 0 Å². The molecule has 1 aromatic carbocycles. The maximum atomic E-state index is 11.8. The van der Waals surface area contributed by atoms with Gasteiger partial charge in [-0.1, -0.05) is 36.8 Å². The van der Waals surface area contributed by atoms with Crippen molar-refractivity contribution in [3.63, 3.8) is 0 Å². The predicted octanol–water partition coefficient (Wildman–Crippen LogP) is 2.30. The van der Waals surface area contributed by atoms with E-state index < -0.39 is 0 Å². The van der Waals surface area contributed by atoms with Crippen LogP contribution in [0.25, 0.3) is 11.3 Å². The lowest BCUT2D eigenvalue weighted by Crippen LogP contribution is -2.39. The van der Waals surface area contributed by atoms with E-state index in [0.29, 0.717) is 18.2 Å². The molecule has 3 rings (SSSR count). The second-order valence-corrected chi connectivity index (χ2v) is 5.81. The highest BCUT2D eigenvalue weighted by atomic mass is 16.4. The molecule has 0 unspecified atom stereocenters. The number of amides is 2. The smallest absolute Gasteiger partial charge is 0.315 e. The first-order valence-electron chi connectivity index (χ1n) is 7.92. The number of benzene rings is 1. The van der Waals surface area contributed by atoms with Gasteiger partial charge in [-0.3, -0.25) is 0 Å². The summed E-state index contributed by atoms with van der Waals surface area (Å²) < 4.78 is 5.62. The van der Waals surface area contributed by atoms with Gasteiger partial charge in [-0.15, -0.1) is 0 Å². The summed E-state index contributed by atoms with van der Waals surface area (Å²) in [5, 5.41) is 15.2. The molecule has 2 atom stereocenters. The lowest BCUT2D eigenvalue weighted by Gasteiger charge is -2.15. The first kappa shape index (κ1) is 15.6. The third-order valence-corrected chi connectivity index (χ3v) is 4.16. The number of nitrogens with one attached hydrogen (secondary N) is 2. The van der Waals surface area contributed by atoms with Crippen molar-refractivity contribution in [2.45, 2.75) is 31.9 Å². The minimum Gasteiger partial charge on any atom is -0.439 e. The fourth-order valence-corrected chi connectivity index (χ4v) is 2.83. The molecule has 2 aromatic rings. The molecule has 1 aromatic heterocycles. The molecule has 0 bridgehead atoms. The summed E-state index contributed by atoms with van der Waals surface area (Å²) >= 11 is 0. The van der Waals surface area contributed by atoms with Gasteiger partial charge in [0.05, 0.1) is 18.8 Å². The van der Waals surface area contributed by atoms with Gasteiger partial charge in [-0.2, -0.15) is 0 Å². The standard InChI is InChI=1S/C17H21N3O3/c21-14-8-4-7-13(14)9-19-17(22)20-11-16-18-10-15(23-16)12-5-2-1-3-6-12/h1-3,5-6,10,13-14,21H,4,7-9,11H2,(H2,19,20,22)/t13-,14+/m0/s1. The number of urea groups is 1. The minimum absolute atomic E-state index is 0.159. The maximum absolute atomic E-state index is 11.8. The third-order valence-electron chi connectivity index (χ3n) is 4.16. The topological polar surface area (TPSA) is 87.4 Å². The molecular weight excluding hydrogens is 294 g/mol. The van der Waals surface area contributed by atoms with Crippen molar-refractivity contribution in [2.75, 3.05) is 6.54 Å². The Bertz CT molecular complexity index is 642. The quantitative estimate of drug-likeness (QED) is 0.790. The molecule has 6 heteroatoms. The van der Waals surface area contributed by atoms with Crippen molar-refractivity contribution in [3.8, 4) is 11.3 Å². The summed E-state index contributed by atoms with van der Waals surface area (Å²) in [4.78, 5) is 15.9. The number of oxazole rings is 1. The monoisotopic (exact) mass is 315 g/mol. The number of aromatic nitrogens is 1. The Morgan fingerprint density at radius 2 is 2.09 bits per heavy atom. The van der Waals surface area contributed by atoms with Crippen LogP contribution in [-0.2, 0) is 6.54 Å². The van der Waals surface area contributed by atoms with Gasteiger partial charge in [0.1, 0.15) is 0 Å². The van der Waals surface area contributed by atoms with Crippen LogP contribution in [0.1, 0.15) is 25.2 Å². The summed E-state index contributed by atoms with van der Waals surface area (Å²) in [6.45, 7) is 0.722. The van der Waals surface area contributed by atoms with Gasteiger partial charge >= 0.3 is 6.03 Å². The highest BCUT2D eigenvalue weighted by molar-refractivity contribution is 5.73. The summed E-state index contributed by atoms with van der Waals surface area (Å²) in [7, 11) is 0. The van der Waals surface area contributed by atoms with Gasteiger partial charge in [0.15, 0.2) is 5.76 Å². The normalized spacial score (nSPS) is 20.4. The number of aliphatic hydroxyl groups excluding tert-OH is 1. The van der Waals surface area contributed by atoms with E-state index in [0.717, 1.165) is 24.8 Å². The van der Waals surface area contributed by atoms with Gasteiger partial charge < -0.3 is 20.2 Å². The Morgan fingerprint density at radius 3 is 2.83 bits per heavy atom. The molecule has 0 aliphatic heterocycles. The van der Waals surface area contributed by atoms with E-state index in [1.54, 1.807) is 6.20 Å². The van der Waals surface area contributed by atoms with E-state index in [-0.39, 0.29) is 24.6 Å². The van der Waals surface area contributed by atoms with Crippen LogP contribution in [0.5, 0.6) is 0 Å². The van der Waals surface area contributed by atoms with Crippen molar-refractivity contribution in [3.05, 3.63) is 42.4 Å². The molecule has 1 saturated carbocycles. The first-order valence-corrected chi connectivity index (χ1v) is 7.92. The van der Waals surface area contributed by atoms with Crippen LogP contribution in [-0.4, -0.2) is 28.8 Å². The molecule has 3 N–H and O–H groups in total. The first-order chi connectivity index (χ1) is 11.2. The van der Waals surface area contributed by atoms with Gasteiger partial charge in [-0.05, 0) is 12.8 Å². The molecule has 2 amide bonds. The molecule has 1 aliphatic rings. The SMILES string of the molecule is O=C(NCc1ncc(-c2ccccc2)o1)NC[C@@H]1CCC[C@H]1O. The summed E-state index contributed by atoms with van der Waals surface area (Å²) in [5.41, 5.74) is 0.950. The highest BCUT2D eigenvalue weighted by Gasteiger charge is 2.25. The molecule has 0 saturated heterocycles. The lowest BCUT2D eigenvalue weighted by molar-refractivity contribution is 0.132. The Kier molecular flexibility index (Phi) is 4.92. The Labute approximate surface area is 134 Å². The van der Waals surface area contributed by atoms with E-state index in [4.69, 9.17) is 4.42 Å². The fraction of sp³-hybridized carbons (Fsp3) is 0.412. The molecule has 0 radical (unpaired) electrons. The fourth-order valence-electron chi connectivity index (χ4n) is 2.83. The van der Waals surface area contributed by atoms with Crippen molar-refractivity contribution < 1.29 is 14.3 Å². The highest BCUT2D eigenvalue weighted by Crippen LogP contribution is 2.24. The van der Waals surface area contributed by atoms with E-state index in [9.17, 15) is 9.90 Å². The average molecular weight is 315 g/mol. The van der Waals surface area contributed by atoms with E-state index in [1.165, 1.54) is 0 Å². The van der Waals surface area contributed by atoms with Crippen molar-refractivity contribution in [2.24, 2.45) is 5.92 Å². The van der Waals surface area contributed by atoms with Crippen molar-refractivity contribution in [1.82, 2.24) is 15.6 Å². The summed E-state index contributed by atoms with van der Waals surface area (Å²) in [6.07, 6.45) is 4.16. The van der Waals surface area contributed by atoms with Crippen LogP contribution in [0.4, 0.5) is 4.79 Å². The summed E-state index contributed by atoms with van der Waals surface area (Å²) in [5.74, 6) is 1.30. The second kappa shape index (κ2) is 7.28. The number of hydrogen-bond donors (Lipinski definition) is 3. The zero-order valence-corrected chi connectivity index (χ0v) is 12.9. The third kappa shape index (κ3) is 4.10.